The van der Waals surface area contributed by atoms with Crippen molar-refractivity contribution >= 4 is 17.6 Å². The fourth-order valence-electron chi connectivity index (χ4n) is 3.10. The summed E-state index contributed by atoms with van der Waals surface area (Å²) < 4.78 is 13.6. The molecule has 7 heteroatoms. The van der Waals surface area contributed by atoms with E-state index in [1.165, 1.54) is 17.7 Å². The van der Waals surface area contributed by atoms with Crippen LogP contribution in [0, 0.1) is 5.82 Å². The molecule has 0 spiro atoms. The van der Waals surface area contributed by atoms with Crippen LogP contribution in [0.4, 0.5) is 14.9 Å². The number of hydrogen-bond donors (Lipinski definition) is 2. The van der Waals surface area contributed by atoms with Crippen LogP contribution in [0.2, 0.25) is 0 Å². The van der Waals surface area contributed by atoms with E-state index in [1.54, 1.807) is 24.0 Å². The highest BCUT2D eigenvalue weighted by molar-refractivity contribution is 5.96. The molecule has 1 fully saturated rings. The van der Waals surface area contributed by atoms with Gasteiger partial charge in [-0.25, -0.2) is 9.18 Å². The SMILES string of the molecule is CC(NC(=O)N1CCN(Cc2ccccc2)CC1)C(=O)Nc1ccccc1F. The molecule has 1 atom stereocenters. The number of hydrogen-bond acceptors (Lipinski definition) is 3. The highest BCUT2D eigenvalue weighted by Gasteiger charge is 2.24. The summed E-state index contributed by atoms with van der Waals surface area (Å²) in [5, 5.41) is 5.18. The van der Waals surface area contributed by atoms with Gasteiger partial charge in [0.15, 0.2) is 0 Å². The molecule has 2 aromatic rings. The van der Waals surface area contributed by atoms with Crippen molar-refractivity contribution in [3.05, 3.63) is 66.0 Å². The summed E-state index contributed by atoms with van der Waals surface area (Å²) in [6.45, 7) is 5.19. The van der Waals surface area contributed by atoms with Crippen LogP contribution in [0.3, 0.4) is 0 Å². The van der Waals surface area contributed by atoms with Crippen molar-refractivity contribution < 1.29 is 14.0 Å². The highest BCUT2D eigenvalue weighted by atomic mass is 19.1. The van der Waals surface area contributed by atoms with Gasteiger partial charge in [-0.05, 0) is 24.6 Å². The van der Waals surface area contributed by atoms with Crippen LogP contribution in [0.5, 0.6) is 0 Å². The standard InChI is InChI=1S/C21H25FN4O2/c1-16(20(27)24-19-10-6-5-9-18(19)22)23-21(28)26-13-11-25(12-14-26)15-17-7-3-2-4-8-17/h2-10,16H,11-15H2,1H3,(H,23,28)(H,24,27). The third-order valence-corrected chi connectivity index (χ3v) is 4.77. The van der Waals surface area contributed by atoms with Crippen LogP contribution >= 0.6 is 0 Å². The third-order valence-electron chi connectivity index (χ3n) is 4.77. The van der Waals surface area contributed by atoms with Crippen molar-refractivity contribution in [3.8, 4) is 0 Å². The average molecular weight is 384 g/mol. The lowest BCUT2D eigenvalue weighted by molar-refractivity contribution is -0.117. The van der Waals surface area contributed by atoms with Gasteiger partial charge in [0, 0.05) is 32.7 Å². The summed E-state index contributed by atoms with van der Waals surface area (Å²) in [5.74, 6) is -0.968. The first-order valence-corrected chi connectivity index (χ1v) is 9.40. The number of amides is 3. The maximum atomic E-state index is 13.6. The minimum absolute atomic E-state index is 0.100. The number of nitrogens with zero attached hydrogens (tertiary/aromatic N) is 2. The predicted molar refractivity (Wildman–Crippen MR) is 106 cm³/mol. The number of rotatable bonds is 5. The quantitative estimate of drug-likeness (QED) is 0.833. The zero-order valence-corrected chi connectivity index (χ0v) is 15.9. The van der Waals surface area contributed by atoms with E-state index < -0.39 is 17.8 Å². The maximum absolute atomic E-state index is 13.6. The Kier molecular flexibility index (Phi) is 6.60. The minimum atomic E-state index is -0.769. The lowest BCUT2D eigenvalue weighted by atomic mass is 10.2. The molecular weight excluding hydrogens is 359 g/mol. The second-order valence-corrected chi connectivity index (χ2v) is 6.89. The topological polar surface area (TPSA) is 64.7 Å². The molecule has 1 aliphatic heterocycles. The molecule has 0 aliphatic carbocycles. The number of carbonyl (C=O) groups excluding carboxylic acids is 2. The lowest BCUT2D eigenvalue weighted by Crippen LogP contribution is -2.54. The predicted octanol–water partition coefficient (Wildman–Crippen LogP) is 2.68. The Morgan fingerprint density at radius 3 is 2.32 bits per heavy atom. The van der Waals surface area contributed by atoms with Gasteiger partial charge in [0.25, 0.3) is 0 Å². The monoisotopic (exact) mass is 384 g/mol. The number of anilines is 1. The third kappa shape index (κ3) is 5.29. The molecule has 148 valence electrons. The molecule has 2 aromatic carbocycles. The molecule has 0 saturated carbocycles. The summed E-state index contributed by atoms with van der Waals surface area (Å²) >= 11 is 0. The second kappa shape index (κ2) is 9.32. The zero-order valence-electron chi connectivity index (χ0n) is 15.9. The van der Waals surface area contributed by atoms with Gasteiger partial charge < -0.3 is 15.5 Å². The first-order valence-electron chi connectivity index (χ1n) is 9.40. The van der Waals surface area contributed by atoms with Crippen LogP contribution < -0.4 is 10.6 Å². The van der Waals surface area contributed by atoms with Crippen LogP contribution in [0.25, 0.3) is 0 Å². The van der Waals surface area contributed by atoms with Gasteiger partial charge in [-0.3, -0.25) is 9.69 Å². The summed E-state index contributed by atoms with van der Waals surface area (Å²) in [5.41, 5.74) is 1.35. The van der Waals surface area contributed by atoms with E-state index in [1.807, 2.05) is 18.2 Å². The molecule has 1 unspecified atom stereocenters. The lowest BCUT2D eigenvalue weighted by Gasteiger charge is -2.35. The first kappa shape index (κ1) is 19.8. The summed E-state index contributed by atoms with van der Waals surface area (Å²) in [6, 6.07) is 15.1. The molecule has 1 aliphatic rings. The minimum Gasteiger partial charge on any atom is -0.326 e. The Morgan fingerprint density at radius 2 is 1.64 bits per heavy atom. The van der Waals surface area contributed by atoms with Crippen molar-refractivity contribution in [2.24, 2.45) is 0 Å². The average Bonchev–Trinajstić information content (AvgIpc) is 2.71. The summed E-state index contributed by atoms with van der Waals surface area (Å²) in [7, 11) is 0. The largest absolute Gasteiger partial charge is 0.326 e. The van der Waals surface area contributed by atoms with Gasteiger partial charge in [0.05, 0.1) is 5.69 Å². The number of nitrogens with one attached hydrogen (secondary N) is 2. The van der Waals surface area contributed by atoms with Gasteiger partial charge in [-0.2, -0.15) is 0 Å². The number of urea groups is 1. The normalized spacial score (nSPS) is 15.7. The van der Waals surface area contributed by atoms with Crippen molar-refractivity contribution in [2.75, 3.05) is 31.5 Å². The fourth-order valence-corrected chi connectivity index (χ4v) is 3.10. The molecule has 0 aromatic heterocycles. The van der Waals surface area contributed by atoms with Crippen molar-refractivity contribution in [2.45, 2.75) is 19.5 Å². The van der Waals surface area contributed by atoms with E-state index in [9.17, 15) is 14.0 Å². The number of carbonyl (C=O) groups is 2. The van der Waals surface area contributed by atoms with Crippen LogP contribution in [-0.4, -0.2) is 54.0 Å². The van der Waals surface area contributed by atoms with Crippen molar-refractivity contribution in [1.29, 1.82) is 0 Å². The molecule has 1 heterocycles. The van der Waals surface area contributed by atoms with Crippen LogP contribution in [0.1, 0.15) is 12.5 Å². The molecule has 3 rings (SSSR count). The Labute approximate surface area is 164 Å². The number of para-hydroxylation sites is 1. The van der Waals surface area contributed by atoms with Crippen LogP contribution in [-0.2, 0) is 11.3 Å². The Balaban J connectivity index is 1.44. The smallest absolute Gasteiger partial charge is 0.318 e. The van der Waals surface area contributed by atoms with Gasteiger partial charge in [0.1, 0.15) is 11.9 Å². The van der Waals surface area contributed by atoms with Gasteiger partial charge in [0.2, 0.25) is 5.91 Å². The molecule has 1 saturated heterocycles. The Bertz CT molecular complexity index is 807. The number of piperazine rings is 1. The van der Waals surface area contributed by atoms with Crippen LogP contribution in [0.15, 0.2) is 54.6 Å². The molecular formula is C21H25FN4O2. The zero-order chi connectivity index (χ0) is 19.9. The van der Waals surface area contributed by atoms with Gasteiger partial charge in [-0.15, -0.1) is 0 Å². The van der Waals surface area contributed by atoms with E-state index in [0.717, 1.165) is 19.6 Å². The molecule has 2 N–H and O–H groups in total. The van der Waals surface area contributed by atoms with E-state index in [4.69, 9.17) is 0 Å². The molecule has 6 nitrogen and oxygen atoms in total. The molecule has 0 radical (unpaired) electrons. The van der Waals surface area contributed by atoms with E-state index >= 15 is 0 Å². The number of benzene rings is 2. The molecule has 28 heavy (non-hydrogen) atoms. The fraction of sp³-hybridized carbons (Fsp3) is 0.333. The van der Waals surface area contributed by atoms with E-state index in [2.05, 4.69) is 27.7 Å². The molecule has 0 bridgehead atoms. The Hall–Kier alpha value is -2.93. The molecule has 3 amide bonds. The van der Waals surface area contributed by atoms with Crippen molar-refractivity contribution in [1.82, 2.24) is 15.1 Å². The highest BCUT2D eigenvalue weighted by Crippen LogP contribution is 2.13. The summed E-state index contributed by atoms with van der Waals surface area (Å²) in [6.07, 6.45) is 0. The second-order valence-electron chi connectivity index (χ2n) is 6.89. The van der Waals surface area contributed by atoms with Gasteiger partial charge >= 0.3 is 6.03 Å². The van der Waals surface area contributed by atoms with Crippen molar-refractivity contribution in [3.63, 3.8) is 0 Å². The number of halogens is 1. The van der Waals surface area contributed by atoms with E-state index in [0.29, 0.717) is 13.1 Å². The first-order chi connectivity index (χ1) is 13.5. The van der Waals surface area contributed by atoms with Gasteiger partial charge in [-0.1, -0.05) is 42.5 Å². The van der Waals surface area contributed by atoms with E-state index in [-0.39, 0.29) is 11.7 Å². The maximum Gasteiger partial charge on any atom is 0.318 e. The summed E-state index contributed by atoms with van der Waals surface area (Å²) in [4.78, 5) is 28.7. The Morgan fingerprint density at radius 1 is 1.00 bits per heavy atom.